The van der Waals surface area contributed by atoms with Gasteiger partial charge in [-0.3, -0.25) is 14.2 Å². The van der Waals surface area contributed by atoms with Gasteiger partial charge in [-0.25, -0.2) is 4.98 Å². The maximum absolute atomic E-state index is 13.5. The highest BCUT2D eigenvalue weighted by molar-refractivity contribution is 5.79. The summed E-state index contributed by atoms with van der Waals surface area (Å²) in [6, 6.07) is 14.3. The second-order valence-corrected chi connectivity index (χ2v) is 7.64. The first-order valence-electron chi connectivity index (χ1n) is 11.0. The van der Waals surface area contributed by atoms with E-state index in [1.807, 2.05) is 61.2 Å². The number of benzene rings is 2. The Hall–Kier alpha value is -3.15. The van der Waals surface area contributed by atoms with Gasteiger partial charge in [-0.15, -0.1) is 0 Å². The van der Waals surface area contributed by atoms with Gasteiger partial charge in [-0.1, -0.05) is 31.9 Å². The summed E-state index contributed by atoms with van der Waals surface area (Å²) in [7, 11) is 1.61. The summed E-state index contributed by atoms with van der Waals surface area (Å²) in [4.78, 5) is 33.1. The number of para-hydroxylation sites is 1. The van der Waals surface area contributed by atoms with E-state index in [9.17, 15) is 9.59 Å². The average molecular weight is 422 g/mol. The summed E-state index contributed by atoms with van der Waals surface area (Å²) in [6.07, 6.45) is 3.47. The Morgan fingerprint density at radius 3 is 2.45 bits per heavy atom. The third-order valence-corrected chi connectivity index (χ3v) is 5.63. The number of methoxy groups -OCH3 is 1. The highest BCUT2D eigenvalue weighted by Gasteiger charge is 2.25. The largest absolute Gasteiger partial charge is 0.497 e. The Morgan fingerprint density at radius 2 is 1.81 bits per heavy atom. The first-order chi connectivity index (χ1) is 15.0. The normalized spacial score (nSPS) is 12.0. The van der Waals surface area contributed by atoms with E-state index in [4.69, 9.17) is 9.72 Å². The van der Waals surface area contributed by atoms with Gasteiger partial charge in [0.05, 0.1) is 29.7 Å². The van der Waals surface area contributed by atoms with E-state index in [0.29, 0.717) is 41.1 Å². The van der Waals surface area contributed by atoms with Crippen LogP contribution in [0.3, 0.4) is 0 Å². The molecule has 0 N–H and O–H groups in total. The third-order valence-electron chi connectivity index (χ3n) is 5.63. The lowest BCUT2D eigenvalue weighted by Crippen LogP contribution is -2.37. The number of hydrogen-bond donors (Lipinski definition) is 0. The SMILES string of the molecule is CCCCCC(=O)N(CC)C(C)c1nc2ccccc2c(=O)n1-c1ccc(OC)cc1. The zero-order chi connectivity index (χ0) is 22.4. The minimum atomic E-state index is -0.349. The van der Waals surface area contributed by atoms with Crippen LogP contribution in [0.2, 0.25) is 0 Å². The molecule has 0 spiro atoms. The molecule has 3 aromatic rings. The Bertz CT molecular complexity index is 1090. The Balaban J connectivity index is 2.12. The number of carbonyl (C=O) groups excluding carboxylic acids is 1. The molecule has 1 amide bonds. The van der Waals surface area contributed by atoms with Crippen molar-refractivity contribution in [1.29, 1.82) is 0 Å². The summed E-state index contributed by atoms with van der Waals surface area (Å²) in [5.41, 5.74) is 1.18. The van der Waals surface area contributed by atoms with Crippen molar-refractivity contribution in [1.82, 2.24) is 14.5 Å². The number of ether oxygens (including phenoxy) is 1. The van der Waals surface area contributed by atoms with Crippen molar-refractivity contribution in [3.63, 3.8) is 0 Å². The Labute approximate surface area is 183 Å². The molecule has 0 bridgehead atoms. The van der Waals surface area contributed by atoms with Crippen molar-refractivity contribution in [2.75, 3.05) is 13.7 Å². The quantitative estimate of drug-likeness (QED) is 0.462. The maximum atomic E-state index is 13.5. The Morgan fingerprint density at radius 1 is 1.10 bits per heavy atom. The van der Waals surface area contributed by atoms with Crippen LogP contribution in [-0.2, 0) is 4.79 Å². The lowest BCUT2D eigenvalue weighted by molar-refractivity contribution is -0.133. The van der Waals surface area contributed by atoms with Crippen LogP contribution in [0.25, 0.3) is 16.6 Å². The number of fused-ring (bicyclic) bond motifs is 1. The summed E-state index contributed by atoms with van der Waals surface area (Å²) < 4.78 is 6.88. The molecule has 1 unspecified atom stereocenters. The van der Waals surface area contributed by atoms with Crippen LogP contribution in [0, 0.1) is 0 Å². The molecule has 0 radical (unpaired) electrons. The molecule has 1 atom stereocenters. The van der Waals surface area contributed by atoms with E-state index < -0.39 is 0 Å². The fourth-order valence-corrected chi connectivity index (χ4v) is 3.89. The van der Waals surface area contributed by atoms with E-state index in [1.165, 1.54) is 0 Å². The van der Waals surface area contributed by atoms with Crippen LogP contribution < -0.4 is 10.3 Å². The van der Waals surface area contributed by atoms with Crippen LogP contribution in [0.15, 0.2) is 53.3 Å². The minimum absolute atomic E-state index is 0.0899. The molecule has 0 saturated heterocycles. The smallest absolute Gasteiger partial charge is 0.266 e. The molecule has 1 heterocycles. The summed E-state index contributed by atoms with van der Waals surface area (Å²) in [5, 5.41) is 0.548. The molecule has 0 saturated carbocycles. The van der Waals surface area contributed by atoms with Crippen LogP contribution in [0.4, 0.5) is 0 Å². The van der Waals surface area contributed by atoms with Gasteiger partial charge >= 0.3 is 0 Å². The molecule has 3 rings (SSSR count). The fraction of sp³-hybridized carbons (Fsp3) is 0.400. The predicted molar refractivity (Wildman–Crippen MR) is 124 cm³/mol. The molecule has 0 aliphatic carbocycles. The van der Waals surface area contributed by atoms with E-state index >= 15 is 0 Å². The molecule has 6 nitrogen and oxygen atoms in total. The zero-order valence-electron chi connectivity index (χ0n) is 18.8. The van der Waals surface area contributed by atoms with Gasteiger partial charge in [0.25, 0.3) is 5.56 Å². The minimum Gasteiger partial charge on any atom is -0.497 e. The fourth-order valence-electron chi connectivity index (χ4n) is 3.89. The molecule has 164 valence electrons. The van der Waals surface area contributed by atoms with Crippen molar-refractivity contribution in [3.8, 4) is 11.4 Å². The molecule has 1 aromatic heterocycles. The van der Waals surface area contributed by atoms with Gasteiger partial charge in [0.1, 0.15) is 11.6 Å². The first-order valence-corrected chi connectivity index (χ1v) is 11.0. The third kappa shape index (κ3) is 4.79. The monoisotopic (exact) mass is 421 g/mol. The van der Waals surface area contributed by atoms with Crippen molar-refractivity contribution in [2.24, 2.45) is 0 Å². The number of aromatic nitrogens is 2. The van der Waals surface area contributed by atoms with E-state index in [2.05, 4.69) is 6.92 Å². The molecule has 2 aromatic carbocycles. The first kappa shape index (κ1) is 22.5. The summed E-state index contributed by atoms with van der Waals surface area (Å²) in [5.74, 6) is 1.35. The van der Waals surface area contributed by atoms with Crippen molar-refractivity contribution >= 4 is 16.8 Å². The van der Waals surface area contributed by atoms with Crippen LogP contribution >= 0.6 is 0 Å². The Kier molecular flexibility index (Phi) is 7.45. The molecule has 31 heavy (non-hydrogen) atoms. The predicted octanol–water partition coefficient (Wildman–Crippen LogP) is 4.88. The van der Waals surface area contributed by atoms with Gasteiger partial charge in [0.2, 0.25) is 5.91 Å². The lowest BCUT2D eigenvalue weighted by atomic mass is 10.1. The van der Waals surface area contributed by atoms with Gasteiger partial charge in [-0.2, -0.15) is 0 Å². The summed E-state index contributed by atoms with van der Waals surface area (Å²) >= 11 is 0. The molecule has 0 aliphatic heterocycles. The zero-order valence-corrected chi connectivity index (χ0v) is 18.8. The summed E-state index contributed by atoms with van der Waals surface area (Å²) in [6.45, 7) is 6.58. The maximum Gasteiger partial charge on any atom is 0.266 e. The van der Waals surface area contributed by atoms with Crippen molar-refractivity contribution in [2.45, 2.75) is 52.5 Å². The second kappa shape index (κ2) is 10.2. The van der Waals surface area contributed by atoms with E-state index in [1.54, 1.807) is 17.7 Å². The van der Waals surface area contributed by atoms with Crippen LogP contribution in [0.1, 0.15) is 58.3 Å². The number of rotatable bonds is 9. The number of unbranched alkanes of at least 4 members (excludes halogenated alkanes) is 2. The van der Waals surface area contributed by atoms with Gasteiger partial charge < -0.3 is 9.64 Å². The van der Waals surface area contributed by atoms with E-state index in [-0.39, 0.29) is 17.5 Å². The highest BCUT2D eigenvalue weighted by Crippen LogP contribution is 2.24. The van der Waals surface area contributed by atoms with Crippen molar-refractivity contribution < 1.29 is 9.53 Å². The highest BCUT2D eigenvalue weighted by atomic mass is 16.5. The molecule has 6 heteroatoms. The molecule has 0 aliphatic rings. The molecule has 0 fully saturated rings. The second-order valence-electron chi connectivity index (χ2n) is 7.64. The van der Waals surface area contributed by atoms with Crippen LogP contribution in [0.5, 0.6) is 5.75 Å². The topological polar surface area (TPSA) is 64.4 Å². The number of carbonyl (C=O) groups is 1. The van der Waals surface area contributed by atoms with Crippen LogP contribution in [-0.4, -0.2) is 34.0 Å². The van der Waals surface area contributed by atoms with E-state index in [0.717, 1.165) is 19.3 Å². The lowest BCUT2D eigenvalue weighted by Gasteiger charge is -2.29. The van der Waals surface area contributed by atoms with Gasteiger partial charge in [0.15, 0.2) is 0 Å². The molecular weight excluding hydrogens is 390 g/mol. The number of amides is 1. The van der Waals surface area contributed by atoms with Gasteiger partial charge in [-0.05, 0) is 56.7 Å². The number of nitrogens with zero attached hydrogens (tertiary/aromatic N) is 3. The molecular formula is C25H31N3O3. The van der Waals surface area contributed by atoms with Crippen molar-refractivity contribution in [3.05, 3.63) is 64.7 Å². The standard InChI is InChI=1S/C25H31N3O3/c1-5-7-8-13-23(29)27(6-2)18(3)24-26-22-12-10-9-11-21(22)25(30)28(24)19-14-16-20(31-4)17-15-19/h9-12,14-18H,5-8,13H2,1-4H3. The average Bonchev–Trinajstić information content (AvgIpc) is 2.79. The number of hydrogen-bond acceptors (Lipinski definition) is 4. The van der Waals surface area contributed by atoms with Gasteiger partial charge in [0, 0.05) is 13.0 Å².